The third kappa shape index (κ3) is 18.6. The van der Waals surface area contributed by atoms with Crippen LogP contribution >= 0.6 is 84.3 Å². The van der Waals surface area contributed by atoms with Gasteiger partial charge in [0.1, 0.15) is 10.9 Å². The number of primary amides is 1. The molecular formula is C36H52Cl3N2O2PS4. The van der Waals surface area contributed by atoms with Crippen molar-refractivity contribution in [1.29, 1.82) is 5.26 Å². The Balaban J connectivity index is 0.000000293. The Hall–Kier alpha value is -0.620. The standard InChI is InChI=1S/C18H27NOS2.C18H25NS2.Cl3OP/c1-2-3-4-5-6-7-8-9-10-11-14-13-21-15-12-16(18(19)20)22-17(14)15;1-2-3-4-5-6-7-8-9-10-11-15-14-20-17-12-16(13-19)21-18(15)17;1-5(2,3)4/h12-13H,2-11H2,1H3,(H2,19,20);12,14H,2-11H2,1H3;. The third-order valence-corrected chi connectivity index (χ3v) is 12.6. The summed E-state index contributed by atoms with van der Waals surface area (Å²) in [6.07, 6.45) is 27.0. The molecule has 12 heteroatoms. The number of carbonyl (C=O) groups excluding carboxylic acids is 1. The van der Waals surface area contributed by atoms with Crippen LogP contribution in [0.4, 0.5) is 0 Å². The van der Waals surface area contributed by atoms with Gasteiger partial charge in [-0.25, -0.2) is 0 Å². The first kappa shape index (κ1) is 43.5. The molecule has 0 saturated carbocycles. The minimum absolute atomic E-state index is 0.303. The molecule has 0 aliphatic rings. The lowest BCUT2D eigenvalue weighted by molar-refractivity contribution is 0.100. The molecule has 0 aliphatic carbocycles. The van der Waals surface area contributed by atoms with Crippen molar-refractivity contribution in [3.63, 3.8) is 0 Å². The first-order chi connectivity index (χ1) is 23.1. The van der Waals surface area contributed by atoms with Crippen molar-refractivity contribution in [3.05, 3.63) is 43.8 Å². The zero-order chi connectivity index (χ0) is 35.2. The molecule has 48 heavy (non-hydrogen) atoms. The highest BCUT2D eigenvalue weighted by molar-refractivity contribution is 8.24. The van der Waals surface area contributed by atoms with Crippen molar-refractivity contribution in [2.45, 2.75) is 142 Å². The summed E-state index contributed by atoms with van der Waals surface area (Å²) in [6, 6.07) is 6.23. The molecule has 0 saturated heterocycles. The number of thiophene rings is 4. The van der Waals surface area contributed by atoms with Crippen molar-refractivity contribution in [3.8, 4) is 6.07 Å². The Morgan fingerprint density at radius 3 is 1.46 bits per heavy atom. The highest BCUT2D eigenvalue weighted by Gasteiger charge is 2.12. The van der Waals surface area contributed by atoms with Crippen molar-refractivity contribution >= 4 is 109 Å². The fourth-order valence-electron chi connectivity index (χ4n) is 5.52. The van der Waals surface area contributed by atoms with Crippen LogP contribution in [0.25, 0.3) is 18.8 Å². The van der Waals surface area contributed by atoms with Crippen LogP contribution in [0.5, 0.6) is 0 Å². The second-order valence-electron chi connectivity index (χ2n) is 12.2. The van der Waals surface area contributed by atoms with Crippen LogP contribution in [0.2, 0.25) is 0 Å². The van der Waals surface area contributed by atoms with Gasteiger partial charge >= 0.3 is 5.20 Å². The van der Waals surface area contributed by atoms with Gasteiger partial charge in [-0.05, 0) is 93.4 Å². The minimum atomic E-state index is -3.22. The maximum atomic E-state index is 11.2. The Kier molecular flexibility index (Phi) is 23.0. The molecule has 4 aromatic heterocycles. The minimum Gasteiger partial charge on any atom is -0.365 e. The average molecular weight is 810 g/mol. The van der Waals surface area contributed by atoms with Gasteiger partial charge in [-0.15, -0.1) is 45.3 Å². The van der Waals surface area contributed by atoms with Gasteiger partial charge in [0.25, 0.3) is 5.91 Å². The Labute approximate surface area is 319 Å². The summed E-state index contributed by atoms with van der Waals surface area (Å²) in [4.78, 5) is 12.8. The number of nitrogens with two attached hydrogens (primary N) is 1. The van der Waals surface area contributed by atoms with E-state index in [-0.39, 0.29) is 5.91 Å². The van der Waals surface area contributed by atoms with E-state index in [1.54, 1.807) is 45.3 Å². The van der Waals surface area contributed by atoms with Crippen LogP contribution in [0.3, 0.4) is 0 Å². The van der Waals surface area contributed by atoms with Crippen LogP contribution in [0.1, 0.15) is 155 Å². The molecule has 4 rings (SSSR count). The number of nitriles is 1. The molecule has 0 aromatic carbocycles. The number of unbranched alkanes of at least 4 members (excludes halogenated alkanes) is 16. The zero-order valence-electron chi connectivity index (χ0n) is 28.5. The summed E-state index contributed by atoms with van der Waals surface area (Å²) in [6.45, 7) is 4.54. The van der Waals surface area contributed by atoms with E-state index in [1.807, 2.05) is 12.1 Å². The summed E-state index contributed by atoms with van der Waals surface area (Å²) in [5.74, 6) is -0.303. The van der Waals surface area contributed by atoms with Crippen LogP contribution < -0.4 is 5.73 Å². The number of hydrogen-bond acceptors (Lipinski definition) is 7. The number of nitrogens with zero attached hydrogens (tertiary/aromatic N) is 1. The van der Waals surface area contributed by atoms with E-state index in [0.717, 1.165) is 11.3 Å². The zero-order valence-corrected chi connectivity index (χ0v) is 34.9. The van der Waals surface area contributed by atoms with Gasteiger partial charge in [0.15, 0.2) is 0 Å². The number of carbonyl (C=O) groups is 1. The fraction of sp³-hybridized carbons (Fsp3) is 0.611. The number of hydrogen-bond donors (Lipinski definition) is 1. The molecule has 2 N–H and O–H groups in total. The molecule has 4 heterocycles. The molecule has 0 aliphatic heterocycles. The predicted octanol–water partition coefficient (Wildman–Crippen LogP) is 15.9. The van der Waals surface area contributed by atoms with E-state index in [4.69, 9.17) is 11.0 Å². The largest absolute Gasteiger partial charge is 0.365 e. The first-order valence-corrected chi connectivity index (χ1v) is 25.3. The maximum Gasteiger partial charge on any atom is 0.339 e. The van der Waals surface area contributed by atoms with Gasteiger partial charge in [0.05, 0.1) is 4.88 Å². The van der Waals surface area contributed by atoms with Crippen molar-refractivity contribution < 1.29 is 9.36 Å². The number of fused-ring (bicyclic) bond motifs is 2. The Morgan fingerprint density at radius 2 is 1.06 bits per heavy atom. The molecule has 0 atom stereocenters. The third-order valence-electron chi connectivity index (χ3n) is 8.09. The van der Waals surface area contributed by atoms with Gasteiger partial charge in [0.2, 0.25) is 0 Å². The van der Waals surface area contributed by atoms with Crippen molar-refractivity contribution in [2.75, 3.05) is 0 Å². The molecular weight excluding hydrogens is 758 g/mol. The summed E-state index contributed by atoms with van der Waals surface area (Å²) in [5.41, 5.74) is 8.23. The monoisotopic (exact) mass is 808 g/mol. The topological polar surface area (TPSA) is 83.9 Å². The molecule has 0 fully saturated rings. The van der Waals surface area contributed by atoms with E-state index < -0.39 is 5.20 Å². The first-order valence-electron chi connectivity index (χ1n) is 17.5. The van der Waals surface area contributed by atoms with Crippen molar-refractivity contribution in [1.82, 2.24) is 0 Å². The Bertz CT molecular complexity index is 1540. The van der Waals surface area contributed by atoms with E-state index >= 15 is 0 Å². The number of amides is 1. The van der Waals surface area contributed by atoms with Crippen LogP contribution in [0, 0.1) is 11.3 Å². The molecule has 4 aromatic rings. The van der Waals surface area contributed by atoms with Crippen LogP contribution in [-0.2, 0) is 17.4 Å². The molecule has 0 unspecified atom stereocenters. The summed E-state index contributed by atoms with van der Waals surface area (Å²) >= 11 is 20.6. The van der Waals surface area contributed by atoms with E-state index in [9.17, 15) is 9.36 Å². The average Bonchev–Trinajstić information content (AvgIpc) is 3.81. The lowest BCUT2D eigenvalue weighted by Gasteiger charge is -2.01. The number of aryl methyl sites for hydroxylation is 2. The second kappa shape index (κ2) is 25.4. The lowest BCUT2D eigenvalue weighted by Crippen LogP contribution is -2.08. The smallest absolute Gasteiger partial charge is 0.339 e. The quantitative estimate of drug-likeness (QED) is 0.0672. The highest BCUT2D eigenvalue weighted by Crippen LogP contribution is 2.61. The van der Waals surface area contributed by atoms with Gasteiger partial charge < -0.3 is 5.73 Å². The molecule has 4 nitrogen and oxygen atoms in total. The summed E-state index contributed by atoms with van der Waals surface area (Å²) in [5, 5.41) is 10.3. The number of halogens is 3. The van der Waals surface area contributed by atoms with Gasteiger partial charge in [0, 0.05) is 18.8 Å². The van der Waals surface area contributed by atoms with E-state index in [1.165, 1.54) is 152 Å². The predicted molar refractivity (Wildman–Crippen MR) is 220 cm³/mol. The molecule has 0 spiro atoms. The van der Waals surface area contributed by atoms with Gasteiger partial charge in [-0.2, -0.15) is 5.26 Å². The Morgan fingerprint density at radius 1 is 0.688 bits per heavy atom. The SMILES string of the molecule is CCCCCCCCCCCc1csc2cc(C#N)sc12.CCCCCCCCCCCc1csc2cc(C(N)=O)sc12.O=P(Cl)(Cl)Cl. The van der Waals surface area contributed by atoms with E-state index in [2.05, 4.69) is 64.4 Å². The highest BCUT2D eigenvalue weighted by atomic mass is 36.0. The van der Waals surface area contributed by atoms with Crippen LogP contribution in [-0.4, -0.2) is 5.91 Å². The van der Waals surface area contributed by atoms with Gasteiger partial charge in [-0.3, -0.25) is 9.36 Å². The van der Waals surface area contributed by atoms with E-state index in [0.29, 0.717) is 4.88 Å². The van der Waals surface area contributed by atoms with Gasteiger partial charge in [-0.1, -0.05) is 117 Å². The second-order valence-corrected chi connectivity index (χ2v) is 22.7. The maximum absolute atomic E-state index is 11.2. The molecule has 0 bridgehead atoms. The molecule has 268 valence electrons. The number of rotatable bonds is 21. The van der Waals surface area contributed by atoms with Crippen molar-refractivity contribution in [2.24, 2.45) is 5.73 Å². The summed E-state index contributed by atoms with van der Waals surface area (Å²) in [7, 11) is 0. The molecule has 1 amide bonds. The van der Waals surface area contributed by atoms with Crippen LogP contribution in [0.15, 0.2) is 22.9 Å². The molecule has 0 radical (unpaired) electrons. The fourth-order valence-corrected chi connectivity index (χ4v) is 10.1. The summed E-state index contributed by atoms with van der Waals surface area (Å²) < 4.78 is 14.7. The normalized spacial score (nSPS) is 11.2. The lowest BCUT2D eigenvalue weighted by atomic mass is 10.1.